The van der Waals surface area contributed by atoms with Crippen LogP contribution in [0.2, 0.25) is 25.7 Å². The molecule has 0 radical (unpaired) electrons. The number of benzene rings is 3. The summed E-state index contributed by atoms with van der Waals surface area (Å²) in [6.07, 6.45) is -0.853. The Hall–Kier alpha value is -3.22. The second-order valence-electron chi connectivity index (χ2n) is 19.9. The molecule has 0 aromatic heterocycles. The largest absolute Gasteiger partial charge is 0.497 e. The molecular weight excluding hydrogens is 885 g/mol. The van der Waals surface area contributed by atoms with E-state index in [1.807, 2.05) is 78.9 Å². The number of fused-ring (bicyclic) bond motifs is 2. The Balaban J connectivity index is 1.65. The predicted octanol–water partition coefficient (Wildman–Crippen LogP) is 9.46. The highest BCUT2D eigenvalue weighted by Gasteiger charge is 2.64. The molecule has 14 heteroatoms. The van der Waals surface area contributed by atoms with Crippen molar-refractivity contribution < 1.29 is 61.9 Å². The molecule has 3 aromatic carbocycles. The van der Waals surface area contributed by atoms with E-state index in [1.54, 1.807) is 34.5 Å². The van der Waals surface area contributed by atoms with Crippen LogP contribution in [-0.4, -0.2) is 124 Å². The highest BCUT2D eigenvalue weighted by Crippen LogP contribution is 2.59. The lowest BCUT2D eigenvalue weighted by Gasteiger charge is -2.48. The van der Waals surface area contributed by atoms with Gasteiger partial charge in [0.2, 0.25) is 0 Å². The number of hydrogen-bond donors (Lipinski definition) is 1. The summed E-state index contributed by atoms with van der Waals surface area (Å²) in [5.41, 5.74) is 1.20. The molecule has 2 fully saturated rings. The summed E-state index contributed by atoms with van der Waals surface area (Å²) in [6, 6.07) is 26.7. The minimum Gasteiger partial charge on any atom is -0.497 e. The van der Waals surface area contributed by atoms with Crippen LogP contribution in [0.3, 0.4) is 0 Å². The minimum absolute atomic E-state index is 0.00655. The van der Waals surface area contributed by atoms with E-state index >= 15 is 0 Å². The Kier molecular flexibility index (Phi) is 22.4. The third-order valence-electron chi connectivity index (χ3n) is 14.1. The molecule has 13 nitrogen and oxygen atoms in total. The highest BCUT2D eigenvalue weighted by atomic mass is 28.3. The number of ether oxygens (including phenoxy) is 12. The van der Waals surface area contributed by atoms with E-state index in [4.69, 9.17) is 56.8 Å². The van der Waals surface area contributed by atoms with E-state index in [1.165, 1.54) is 0 Å². The van der Waals surface area contributed by atoms with Crippen molar-refractivity contribution in [2.24, 2.45) is 23.2 Å². The van der Waals surface area contributed by atoms with Crippen LogP contribution < -0.4 is 9.47 Å². The van der Waals surface area contributed by atoms with E-state index in [0.717, 1.165) is 34.2 Å². The summed E-state index contributed by atoms with van der Waals surface area (Å²) < 4.78 is 76.1. The third kappa shape index (κ3) is 15.1. The zero-order chi connectivity index (χ0) is 49.2. The van der Waals surface area contributed by atoms with Crippen LogP contribution in [0, 0.1) is 23.2 Å². The van der Waals surface area contributed by atoms with E-state index < -0.39 is 61.6 Å². The fraction of sp³-hybridized carbons (Fsp3) is 0.630. The normalized spacial score (nSPS) is 25.2. The van der Waals surface area contributed by atoms with Gasteiger partial charge >= 0.3 is 0 Å². The van der Waals surface area contributed by atoms with E-state index in [0.29, 0.717) is 32.7 Å². The molecule has 3 aromatic rings. The molecule has 0 saturated heterocycles. The molecular formula is C54H82O13Si. The van der Waals surface area contributed by atoms with Gasteiger partial charge in [0.25, 0.3) is 0 Å². The van der Waals surface area contributed by atoms with Gasteiger partial charge in [-0.3, -0.25) is 0 Å². The number of methoxy groups -OCH3 is 4. The van der Waals surface area contributed by atoms with Crippen molar-refractivity contribution in [2.45, 2.75) is 128 Å². The molecule has 380 valence electrons. The van der Waals surface area contributed by atoms with Crippen molar-refractivity contribution in [2.75, 3.05) is 68.6 Å². The Morgan fingerprint density at radius 1 is 0.706 bits per heavy atom. The predicted molar refractivity (Wildman–Crippen MR) is 265 cm³/mol. The van der Waals surface area contributed by atoms with Gasteiger partial charge in [0.15, 0.2) is 0 Å². The average Bonchev–Trinajstić information content (AvgIpc) is 3.61. The van der Waals surface area contributed by atoms with Crippen molar-refractivity contribution >= 4 is 8.07 Å². The molecule has 0 spiro atoms. The SMILES string of the molecule is C=C[C@H](OCc1ccc(OC)cc1)[C@@H](OCc1ccc(OC)cc1)[C@H](OCc1ccccc1)[C@H]1C[C@H](O)[C@@]2(OCOCC[Si](C)(C)C)CC[C@@H]([C@@H](OCOC)[C@@H](OCOCCOC)[C@@H]1C)C2(C)C. The number of aliphatic hydroxyl groups is 1. The fourth-order valence-corrected chi connectivity index (χ4v) is 10.8. The summed E-state index contributed by atoms with van der Waals surface area (Å²) >= 11 is 0. The lowest BCUT2D eigenvalue weighted by molar-refractivity contribution is -0.237. The van der Waals surface area contributed by atoms with E-state index in [9.17, 15) is 5.11 Å². The van der Waals surface area contributed by atoms with Gasteiger partial charge < -0.3 is 61.9 Å². The van der Waals surface area contributed by atoms with Crippen molar-refractivity contribution in [1.82, 2.24) is 0 Å². The first-order valence-electron chi connectivity index (χ1n) is 24.2. The molecule has 10 atom stereocenters. The maximum atomic E-state index is 13.2. The quantitative estimate of drug-likeness (QED) is 0.0295. The van der Waals surface area contributed by atoms with Crippen LogP contribution in [-0.2, 0) is 67.2 Å². The monoisotopic (exact) mass is 967 g/mol. The third-order valence-corrected chi connectivity index (χ3v) is 15.8. The molecule has 0 amide bonds. The second-order valence-corrected chi connectivity index (χ2v) is 25.6. The lowest BCUT2D eigenvalue weighted by atomic mass is 9.67. The van der Waals surface area contributed by atoms with Gasteiger partial charge in [0, 0.05) is 34.3 Å². The van der Waals surface area contributed by atoms with Gasteiger partial charge in [-0.05, 0) is 84.0 Å². The Bertz CT molecular complexity index is 1860. The summed E-state index contributed by atoms with van der Waals surface area (Å²) in [4.78, 5) is 0. The molecule has 5 rings (SSSR count). The molecule has 1 N–H and O–H groups in total. The van der Waals surface area contributed by atoms with Gasteiger partial charge in [-0.2, -0.15) is 0 Å². The standard InChI is InChI=1S/C54H82O13Si/c1-12-47(62-33-41-18-22-43(58-7)23-19-41)52(64-35-42-20-24-44(59-8)25-21-42)50(63-34-40-16-14-13-15-17-40)45-32-48(55)54(67-38-61-30-31-68(9,10)11)27-26-46(53(54,3)4)51(65-36-57-6)49(39(45)2)66-37-60-29-28-56-5/h12-25,39,45-52,55H,1,26-38H2,2-11H3/t39-,45+,46+,47+,48+,49+,50-,51-,52-,54+/m1/s1. The number of aliphatic hydroxyl groups excluding tert-OH is 1. The summed E-state index contributed by atoms with van der Waals surface area (Å²) in [7, 11) is 5.19. The summed E-state index contributed by atoms with van der Waals surface area (Å²) in [6.45, 7) is 20.0. The van der Waals surface area contributed by atoms with E-state index in [2.05, 4.69) is 47.0 Å². The lowest BCUT2D eigenvalue weighted by Crippen LogP contribution is -2.57. The smallest absolute Gasteiger partial charge is 0.147 e. The summed E-state index contributed by atoms with van der Waals surface area (Å²) in [5, 5.41) is 13.2. The van der Waals surface area contributed by atoms with Crippen molar-refractivity contribution in [3.63, 3.8) is 0 Å². The topological polar surface area (TPSA) is 131 Å². The van der Waals surface area contributed by atoms with Crippen molar-refractivity contribution in [3.05, 3.63) is 108 Å². The van der Waals surface area contributed by atoms with Crippen LogP contribution in [0.25, 0.3) is 0 Å². The second kappa shape index (κ2) is 27.4. The maximum absolute atomic E-state index is 13.2. The average molecular weight is 967 g/mol. The first-order chi connectivity index (χ1) is 32.7. The molecule has 0 heterocycles. The molecule has 0 unspecified atom stereocenters. The first-order valence-corrected chi connectivity index (χ1v) is 27.9. The van der Waals surface area contributed by atoms with Gasteiger partial charge in [-0.1, -0.05) is 101 Å². The zero-order valence-electron chi connectivity index (χ0n) is 42.5. The number of rotatable bonds is 30. The summed E-state index contributed by atoms with van der Waals surface area (Å²) in [5.74, 6) is 0.577. The molecule has 68 heavy (non-hydrogen) atoms. The Morgan fingerprint density at radius 2 is 1.29 bits per heavy atom. The van der Waals surface area contributed by atoms with Crippen LogP contribution in [0.5, 0.6) is 11.5 Å². The van der Waals surface area contributed by atoms with Gasteiger partial charge in [0.05, 0.1) is 71.7 Å². The van der Waals surface area contributed by atoms with Crippen molar-refractivity contribution in [1.29, 1.82) is 0 Å². The van der Waals surface area contributed by atoms with Crippen LogP contribution in [0.4, 0.5) is 0 Å². The molecule has 2 aliphatic carbocycles. The molecule has 2 bridgehead atoms. The fourth-order valence-electron chi connectivity index (χ4n) is 10.0. The molecule has 2 aliphatic rings. The van der Waals surface area contributed by atoms with Crippen LogP contribution >= 0.6 is 0 Å². The molecule has 2 saturated carbocycles. The first kappa shape index (κ1) is 55.7. The van der Waals surface area contributed by atoms with Gasteiger partial charge in [0.1, 0.15) is 49.7 Å². The zero-order valence-corrected chi connectivity index (χ0v) is 43.5. The highest BCUT2D eigenvalue weighted by molar-refractivity contribution is 6.76. The Morgan fingerprint density at radius 3 is 1.88 bits per heavy atom. The van der Waals surface area contributed by atoms with Crippen LogP contribution in [0.15, 0.2) is 91.5 Å². The molecule has 0 aliphatic heterocycles. The van der Waals surface area contributed by atoms with Crippen molar-refractivity contribution in [3.8, 4) is 11.5 Å². The van der Waals surface area contributed by atoms with Gasteiger partial charge in [-0.15, -0.1) is 6.58 Å². The maximum Gasteiger partial charge on any atom is 0.147 e. The Labute approximate surface area is 408 Å². The van der Waals surface area contributed by atoms with Crippen LogP contribution in [0.1, 0.15) is 56.7 Å². The number of hydrogen-bond acceptors (Lipinski definition) is 13. The minimum atomic E-state index is -1.37. The van der Waals surface area contributed by atoms with Gasteiger partial charge in [-0.25, -0.2) is 0 Å². The van der Waals surface area contributed by atoms with E-state index in [-0.39, 0.29) is 58.5 Å².